The molecule has 1 aliphatic rings. The minimum absolute atomic E-state index is 0.0364. The number of H-pyrrole nitrogens is 1. The lowest BCUT2D eigenvalue weighted by atomic mass is 9.75. The van der Waals surface area contributed by atoms with Gasteiger partial charge in [0, 0.05) is 17.8 Å². The van der Waals surface area contributed by atoms with Gasteiger partial charge < -0.3 is 15.4 Å². The third-order valence-corrected chi connectivity index (χ3v) is 5.28. The normalized spacial score (nSPS) is 20.1. The van der Waals surface area contributed by atoms with Crippen molar-refractivity contribution in [2.24, 2.45) is 5.92 Å². The summed E-state index contributed by atoms with van der Waals surface area (Å²) in [5.74, 6) is -0.224. The Morgan fingerprint density at radius 1 is 1.30 bits per heavy atom. The van der Waals surface area contributed by atoms with Gasteiger partial charge in [0.2, 0.25) is 0 Å². The van der Waals surface area contributed by atoms with Crippen LogP contribution in [-0.4, -0.2) is 27.1 Å². The molecule has 6 nitrogen and oxygen atoms in total. The second-order valence-electron chi connectivity index (χ2n) is 6.86. The molecule has 2 heterocycles. The third-order valence-electron chi connectivity index (χ3n) is 5.00. The number of hydrogen-bond acceptors (Lipinski definition) is 4. The van der Waals surface area contributed by atoms with Crippen LogP contribution in [0.5, 0.6) is 0 Å². The molecule has 0 radical (unpaired) electrons. The third kappa shape index (κ3) is 3.59. The second-order valence-corrected chi connectivity index (χ2v) is 7.27. The highest BCUT2D eigenvalue weighted by molar-refractivity contribution is 6.30. The number of para-hydroxylation sites is 1. The summed E-state index contributed by atoms with van der Waals surface area (Å²) in [6.45, 7) is 0. The molecule has 2 aromatic heterocycles. The molecule has 1 atom stereocenters. The lowest BCUT2D eigenvalue weighted by molar-refractivity contribution is 0.0235. The first-order valence-corrected chi connectivity index (χ1v) is 9.11. The number of aliphatic hydroxyl groups is 1. The van der Waals surface area contributed by atoms with Crippen molar-refractivity contribution in [1.29, 1.82) is 0 Å². The standard InChI is InChI=1S/C20H18ClN3O3/c21-16-8-14(10-23-20(16)27)19(26)24-18(12-6-15(25)7-12)13-5-11-3-1-2-4-17(11)22-9-13/h1-5,8-10,12,15,18,25H,6-7H2,(H,23,27)(H,24,26). The summed E-state index contributed by atoms with van der Waals surface area (Å²) in [6, 6.07) is 10.8. The van der Waals surface area contributed by atoms with Crippen LogP contribution < -0.4 is 10.9 Å². The zero-order valence-corrected chi connectivity index (χ0v) is 15.1. The number of pyridine rings is 2. The van der Waals surface area contributed by atoms with Gasteiger partial charge in [0.1, 0.15) is 5.02 Å². The lowest BCUT2D eigenvalue weighted by Gasteiger charge is -2.38. The number of fused-ring (bicyclic) bond motifs is 1. The molecule has 3 N–H and O–H groups in total. The van der Waals surface area contributed by atoms with Crippen LogP contribution in [0.4, 0.5) is 0 Å². The molecule has 0 saturated heterocycles. The largest absolute Gasteiger partial charge is 0.393 e. The number of amides is 1. The quantitative estimate of drug-likeness (QED) is 0.645. The number of halogens is 1. The molecular weight excluding hydrogens is 366 g/mol. The molecule has 27 heavy (non-hydrogen) atoms. The molecule has 7 heteroatoms. The number of aromatic amines is 1. The number of carbonyl (C=O) groups excluding carboxylic acids is 1. The van der Waals surface area contributed by atoms with Crippen LogP contribution in [0.2, 0.25) is 5.02 Å². The van der Waals surface area contributed by atoms with Crippen molar-refractivity contribution in [1.82, 2.24) is 15.3 Å². The van der Waals surface area contributed by atoms with Gasteiger partial charge in [0.25, 0.3) is 11.5 Å². The average molecular weight is 384 g/mol. The van der Waals surface area contributed by atoms with Gasteiger partial charge >= 0.3 is 0 Å². The molecule has 138 valence electrons. The first-order valence-electron chi connectivity index (χ1n) is 8.73. The Morgan fingerprint density at radius 3 is 2.81 bits per heavy atom. The number of benzene rings is 1. The Labute approximate surface area is 160 Å². The van der Waals surface area contributed by atoms with Gasteiger partial charge in [-0.2, -0.15) is 0 Å². The Bertz CT molecular complexity index is 1060. The van der Waals surface area contributed by atoms with Gasteiger partial charge in [-0.25, -0.2) is 0 Å². The van der Waals surface area contributed by atoms with Crippen molar-refractivity contribution in [2.75, 3.05) is 0 Å². The highest BCUT2D eigenvalue weighted by Crippen LogP contribution is 2.38. The van der Waals surface area contributed by atoms with Gasteiger partial charge in [-0.15, -0.1) is 0 Å². The fraction of sp³-hybridized carbons (Fsp3) is 0.250. The number of nitrogens with one attached hydrogen (secondary N) is 2. The first kappa shape index (κ1) is 17.7. The molecule has 0 aliphatic heterocycles. The van der Waals surface area contributed by atoms with Crippen molar-refractivity contribution < 1.29 is 9.90 Å². The number of carbonyl (C=O) groups is 1. The van der Waals surface area contributed by atoms with Crippen LogP contribution in [-0.2, 0) is 0 Å². The lowest BCUT2D eigenvalue weighted by Crippen LogP contribution is -2.41. The Kier molecular flexibility index (Phi) is 4.68. The molecule has 1 unspecified atom stereocenters. The van der Waals surface area contributed by atoms with E-state index >= 15 is 0 Å². The summed E-state index contributed by atoms with van der Waals surface area (Å²) in [5.41, 5.74) is 1.60. The summed E-state index contributed by atoms with van der Waals surface area (Å²) >= 11 is 5.83. The van der Waals surface area contributed by atoms with Crippen LogP contribution >= 0.6 is 11.6 Å². The SMILES string of the molecule is O=C(NC(c1cnc2ccccc2c1)C1CC(O)C1)c1c[nH]c(=O)c(Cl)c1. The zero-order chi connectivity index (χ0) is 19.0. The molecule has 1 aliphatic carbocycles. The summed E-state index contributed by atoms with van der Waals surface area (Å²) < 4.78 is 0. The number of hydrogen-bond donors (Lipinski definition) is 3. The predicted octanol–water partition coefficient (Wildman–Crippen LogP) is 2.82. The van der Waals surface area contributed by atoms with Crippen molar-refractivity contribution in [2.45, 2.75) is 25.0 Å². The maximum Gasteiger partial charge on any atom is 0.266 e. The molecule has 4 rings (SSSR count). The van der Waals surface area contributed by atoms with Gasteiger partial charge in [0.15, 0.2) is 0 Å². The fourth-order valence-corrected chi connectivity index (χ4v) is 3.62. The van der Waals surface area contributed by atoms with Gasteiger partial charge in [-0.1, -0.05) is 29.8 Å². The van der Waals surface area contributed by atoms with Crippen LogP contribution in [0.3, 0.4) is 0 Å². The Hall–Kier alpha value is -2.70. The fourth-order valence-electron chi connectivity index (χ4n) is 3.45. The Balaban J connectivity index is 1.65. The van der Waals surface area contributed by atoms with E-state index in [-0.39, 0.29) is 34.6 Å². The van der Waals surface area contributed by atoms with Gasteiger partial charge in [-0.05, 0) is 42.5 Å². The number of nitrogens with zero attached hydrogens (tertiary/aromatic N) is 1. The van der Waals surface area contributed by atoms with Crippen LogP contribution in [0, 0.1) is 5.92 Å². The summed E-state index contributed by atoms with van der Waals surface area (Å²) in [4.78, 5) is 31.0. The van der Waals surface area contributed by atoms with Crippen LogP contribution in [0.15, 0.2) is 53.6 Å². The van der Waals surface area contributed by atoms with E-state index in [9.17, 15) is 14.7 Å². The second kappa shape index (κ2) is 7.13. The number of aromatic nitrogens is 2. The minimum atomic E-state index is -0.439. The maximum atomic E-state index is 12.7. The van der Waals surface area contributed by atoms with Crippen molar-refractivity contribution in [3.63, 3.8) is 0 Å². The van der Waals surface area contributed by atoms with Crippen molar-refractivity contribution >= 4 is 28.4 Å². The number of rotatable bonds is 4. The molecule has 1 amide bonds. The van der Waals surface area contributed by atoms with E-state index in [1.165, 1.54) is 12.3 Å². The smallest absolute Gasteiger partial charge is 0.266 e. The maximum absolute atomic E-state index is 12.7. The molecule has 0 bridgehead atoms. The molecule has 1 aromatic carbocycles. The summed E-state index contributed by atoms with van der Waals surface area (Å²) in [6.07, 6.45) is 3.99. The molecule has 1 fully saturated rings. The van der Waals surface area contributed by atoms with Crippen LogP contribution in [0.25, 0.3) is 10.9 Å². The van der Waals surface area contributed by atoms with E-state index in [0.29, 0.717) is 12.8 Å². The predicted molar refractivity (Wildman–Crippen MR) is 103 cm³/mol. The van der Waals surface area contributed by atoms with E-state index in [1.807, 2.05) is 30.3 Å². The summed E-state index contributed by atoms with van der Waals surface area (Å²) in [5, 5.41) is 13.7. The first-order chi connectivity index (χ1) is 13.0. The molecule has 3 aromatic rings. The van der Waals surface area contributed by atoms with Crippen molar-refractivity contribution in [3.05, 3.63) is 75.3 Å². The average Bonchev–Trinajstić information content (AvgIpc) is 2.65. The Morgan fingerprint density at radius 2 is 2.07 bits per heavy atom. The minimum Gasteiger partial charge on any atom is -0.393 e. The molecule has 0 spiro atoms. The van der Waals surface area contributed by atoms with Gasteiger partial charge in [0.05, 0.1) is 23.2 Å². The number of aliphatic hydroxyl groups excluding tert-OH is 1. The topological polar surface area (TPSA) is 95.1 Å². The van der Waals surface area contributed by atoms with E-state index in [4.69, 9.17) is 11.6 Å². The zero-order valence-electron chi connectivity index (χ0n) is 14.4. The highest BCUT2D eigenvalue weighted by atomic mass is 35.5. The summed E-state index contributed by atoms with van der Waals surface area (Å²) in [7, 11) is 0. The van der Waals surface area contributed by atoms with E-state index in [0.717, 1.165) is 16.5 Å². The van der Waals surface area contributed by atoms with E-state index in [2.05, 4.69) is 15.3 Å². The van der Waals surface area contributed by atoms with Gasteiger partial charge in [-0.3, -0.25) is 14.6 Å². The monoisotopic (exact) mass is 383 g/mol. The molecule has 1 saturated carbocycles. The van der Waals surface area contributed by atoms with E-state index in [1.54, 1.807) is 6.20 Å². The molecular formula is C20H18ClN3O3. The van der Waals surface area contributed by atoms with Crippen molar-refractivity contribution in [3.8, 4) is 0 Å². The van der Waals surface area contributed by atoms with E-state index < -0.39 is 5.56 Å². The highest BCUT2D eigenvalue weighted by Gasteiger charge is 2.36. The van der Waals surface area contributed by atoms with Crippen LogP contribution in [0.1, 0.15) is 34.8 Å².